The van der Waals surface area contributed by atoms with Gasteiger partial charge in [0.1, 0.15) is 35.2 Å². The van der Waals surface area contributed by atoms with Crippen LogP contribution >= 0.6 is 11.3 Å². The SMILES string of the molecule is CCOC(=O)c1sc2cccc(F)c2c1COC(=O)Cn1nc(C)c([N+](=O)[O-])c1C. The van der Waals surface area contributed by atoms with Crippen LogP contribution in [0.2, 0.25) is 0 Å². The Labute approximate surface area is 174 Å². The van der Waals surface area contributed by atoms with E-state index in [-0.39, 0.29) is 52.7 Å². The number of aryl methyl sites for hydroxylation is 1. The number of thiophene rings is 1. The maximum Gasteiger partial charge on any atom is 0.348 e. The Bertz CT molecular complexity index is 1150. The maximum absolute atomic E-state index is 14.4. The summed E-state index contributed by atoms with van der Waals surface area (Å²) in [5.41, 5.74) is 0.451. The zero-order chi connectivity index (χ0) is 22.0. The quantitative estimate of drug-likeness (QED) is 0.316. The van der Waals surface area contributed by atoms with Crippen LogP contribution in [0.15, 0.2) is 18.2 Å². The number of aromatic nitrogens is 2. The van der Waals surface area contributed by atoms with Gasteiger partial charge in [-0.25, -0.2) is 9.18 Å². The number of hydrogen-bond donors (Lipinski definition) is 0. The fourth-order valence-corrected chi connectivity index (χ4v) is 4.21. The van der Waals surface area contributed by atoms with Gasteiger partial charge in [-0.1, -0.05) is 6.07 Å². The van der Waals surface area contributed by atoms with Crippen LogP contribution in [0.25, 0.3) is 10.1 Å². The molecule has 0 unspecified atom stereocenters. The van der Waals surface area contributed by atoms with Gasteiger partial charge in [-0.15, -0.1) is 11.3 Å². The maximum atomic E-state index is 14.4. The van der Waals surface area contributed by atoms with Crippen molar-refractivity contribution in [1.82, 2.24) is 9.78 Å². The summed E-state index contributed by atoms with van der Waals surface area (Å²) < 4.78 is 26.4. The van der Waals surface area contributed by atoms with Crippen molar-refractivity contribution in [2.24, 2.45) is 0 Å². The monoisotopic (exact) mass is 435 g/mol. The van der Waals surface area contributed by atoms with Crippen molar-refractivity contribution in [1.29, 1.82) is 0 Å². The van der Waals surface area contributed by atoms with Gasteiger partial charge < -0.3 is 9.47 Å². The molecule has 11 heteroatoms. The summed E-state index contributed by atoms with van der Waals surface area (Å²) in [6, 6.07) is 4.44. The number of rotatable bonds is 7. The molecule has 0 saturated heterocycles. The smallest absolute Gasteiger partial charge is 0.348 e. The van der Waals surface area contributed by atoms with E-state index in [9.17, 15) is 24.1 Å². The Morgan fingerprint density at radius 3 is 2.67 bits per heavy atom. The zero-order valence-electron chi connectivity index (χ0n) is 16.4. The lowest BCUT2D eigenvalue weighted by Crippen LogP contribution is -2.16. The minimum atomic E-state index is -0.735. The van der Waals surface area contributed by atoms with Crippen LogP contribution in [-0.2, 0) is 27.4 Å². The molecule has 0 N–H and O–H groups in total. The van der Waals surface area contributed by atoms with Gasteiger partial charge in [0.15, 0.2) is 0 Å². The molecule has 30 heavy (non-hydrogen) atoms. The molecule has 0 spiro atoms. The van der Waals surface area contributed by atoms with E-state index in [4.69, 9.17) is 9.47 Å². The molecule has 0 saturated carbocycles. The van der Waals surface area contributed by atoms with Crippen LogP contribution in [0.1, 0.15) is 33.5 Å². The lowest BCUT2D eigenvalue weighted by Gasteiger charge is -2.08. The molecule has 2 aromatic heterocycles. The van der Waals surface area contributed by atoms with Crippen molar-refractivity contribution < 1.29 is 28.4 Å². The first-order valence-electron chi connectivity index (χ1n) is 8.95. The van der Waals surface area contributed by atoms with E-state index in [0.717, 1.165) is 11.3 Å². The fourth-order valence-electron chi connectivity index (χ4n) is 3.09. The summed E-state index contributed by atoms with van der Waals surface area (Å²) in [7, 11) is 0. The van der Waals surface area contributed by atoms with E-state index in [0.29, 0.717) is 4.70 Å². The van der Waals surface area contributed by atoms with Crippen molar-refractivity contribution >= 4 is 39.0 Å². The molecular weight excluding hydrogens is 417 g/mol. The minimum absolute atomic E-state index is 0.144. The molecule has 2 heterocycles. The lowest BCUT2D eigenvalue weighted by molar-refractivity contribution is -0.386. The Morgan fingerprint density at radius 2 is 2.03 bits per heavy atom. The van der Waals surface area contributed by atoms with Crippen LogP contribution in [0.5, 0.6) is 0 Å². The van der Waals surface area contributed by atoms with Gasteiger partial charge in [-0.3, -0.25) is 19.6 Å². The molecule has 0 bridgehead atoms. The van der Waals surface area contributed by atoms with Crippen molar-refractivity contribution in [2.45, 2.75) is 33.9 Å². The predicted octanol–water partition coefficient (Wildman–Crippen LogP) is 3.68. The summed E-state index contributed by atoms with van der Waals surface area (Å²) in [4.78, 5) is 35.3. The Morgan fingerprint density at radius 1 is 1.30 bits per heavy atom. The summed E-state index contributed by atoms with van der Waals surface area (Å²) in [6.07, 6.45) is 0. The zero-order valence-corrected chi connectivity index (χ0v) is 17.2. The Hall–Kier alpha value is -3.34. The highest BCUT2D eigenvalue weighted by Crippen LogP contribution is 2.34. The van der Waals surface area contributed by atoms with Gasteiger partial charge in [0, 0.05) is 15.6 Å². The number of hydrogen-bond acceptors (Lipinski definition) is 8. The van der Waals surface area contributed by atoms with Crippen molar-refractivity contribution in [3.8, 4) is 0 Å². The number of ether oxygens (including phenoxy) is 2. The molecule has 1 aromatic carbocycles. The van der Waals surface area contributed by atoms with Crippen molar-refractivity contribution in [3.63, 3.8) is 0 Å². The highest BCUT2D eigenvalue weighted by molar-refractivity contribution is 7.21. The average molecular weight is 435 g/mol. The highest BCUT2D eigenvalue weighted by Gasteiger charge is 2.25. The van der Waals surface area contributed by atoms with E-state index in [1.165, 1.54) is 30.7 Å². The average Bonchev–Trinajstić information content (AvgIpc) is 3.18. The first-order chi connectivity index (χ1) is 14.2. The second-order valence-electron chi connectivity index (χ2n) is 6.34. The molecule has 0 atom stereocenters. The van der Waals surface area contributed by atoms with Gasteiger partial charge in [0.05, 0.1) is 11.5 Å². The summed E-state index contributed by atoms with van der Waals surface area (Å²) in [5, 5.41) is 15.3. The molecule has 3 aromatic rings. The van der Waals surface area contributed by atoms with Crippen molar-refractivity contribution in [2.75, 3.05) is 6.61 Å². The standard InChI is InChI=1S/C19H18FN3O6S/c1-4-28-19(25)18-12(16-13(20)6-5-7-14(16)30-18)9-29-15(24)8-22-11(3)17(23(26)27)10(2)21-22/h5-7H,4,8-9H2,1-3H3. The number of halogens is 1. The van der Waals surface area contributed by atoms with Gasteiger partial charge in [-0.2, -0.15) is 5.10 Å². The van der Waals surface area contributed by atoms with Gasteiger partial charge in [0.25, 0.3) is 0 Å². The molecule has 0 aliphatic heterocycles. The number of carbonyl (C=O) groups excluding carboxylic acids is 2. The number of fused-ring (bicyclic) bond motifs is 1. The number of nitro groups is 1. The largest absolute Gasteiger partial charge is 0.462 e. The molecule has 9 nitrogen and oxygen atoms in total. The third-order valence-corrected chi connectivity index (χ3v) is 5.58. The molecule has 0 fully saturated rings. The molecule has 3 rings (SSSR count). The van der Waals surface area contributed by atoms with Gasteiger partial charge >= 0.3 is 17.6 Å². The van der Waals surface area contributed by atoms with E-state index >= 15 is 0 Å². The van der Waals surface area contributed by atoms with Gasteiger partial charge in [0.2, 0.25) is 0 Å². The summed E-state index contributed by atoms with van der Waals surface area (Å²) in [6.45, 7) is 4.03. The van der Waals surface area contributed by atoms with E-state index in [1.807, 2.05) is 0 Å². The van der Waals surface area contributed by atoms with Crippen LogP contribution < -0.4 is 0 Å². The molecule has 0 amide bonds. The van der Waals surface area contributed by atoms with Crippen molar-refractivity contribution in [3.05, 3.63) is 56.0 Å². The normalized spacial score (nSPS) is 10.9. The second-order valence-corrected chi connectivity index (χ2v) is 7.39. The summed E-state index contributed by atoms with van der Waals surface area (Å²) >= 11 is 1.05. The predicted molar refractivity (Wildman–Crippen MR) is 106 cm³/mol. The fraction of sp³-hybridized carbons (Fsp3) is 0.316. The molecular formula is C19H18FN3O6S. The lowest BCUT2D eigenvalue weighted by atomic mass is 10.1. The van der Waals surface area contributed by atoms with Gasteiger partial charge in [-0.05, 0) is 32.9 Å². The Kier molecular flexibility index (Phi) is 6.11. The van der Waals surface area contributed by atoms with E-state index < -0.39 is 22.7 Å². The molecule has 0 aliphatic carbocycles. The Balaban J connectivity index is 1.84. The third kappa shape index (κ3) is 4.01. The van der Waals surface area contributed by atoms with Crippen LogP contribution in [-0.4, -0.2) is 33.2 Å². The molecule has 0 radical (unpaired) electrons. The molecule has 0 aliphatic rings. The minimum Gasteiger partial charge on any atom is -0.462 e. The number of carbonyl (C=O) groups is 2. The number of nitrogens with zero attached hydrogens (tertiary/aromatic N) is 3. The number of esters is 2. The second kappa shape index (κ2) is 8.57. The first-order valence-corrected chi connectivity index (χ1v) is 9.77. The van der Waals surface area contributed by atoms with Crippen LogP contribution in [0, 0.1) is 29.8 Å². The number of benzene rings is 1. The van der Waals surface area contributed by atoms with E-state index in [1.54, 1.807) is 13.0 Å². The third-order valence-electron chi connectivity index (χ3n) is 4.41. The van der Waals surface area contributed by atoms with E-state index in [2.05, 4.69) is 5.10 Å². The topological polar surface area (TPSA) is 114 Å². The first kappa shape index (κ1) is 21.4. The summed E-state index contributed by atoms with van der Waals surface area (Å²) in [5.74, 6) is -1.90. The molecule has 158 valence electrons. The van der Waals surface area contributed by atoms with Crippen LogP contribution in [0.4, 0.5) is 10.1 Å². The highest BCUT2D eigenvalue weighted by atomic mass is 32.1. The van der Waals surface area contributed by atoms with Crippen LogP contribution in [0.3, 0.4) is 0 Å².